The Kier molecular flexibility index (Phi) is 2.70. The van der Waals surface area contributed by atoms with Crippen molar-refractivity contribution in [1.82, 2.24) is 0 Å². The highest BCUT2D eigenvalue weighted by Crippen LogP contribution is 2.71. The van der Waals surface area contributed by atoms with Crippen LogP contribution < -0.4 is 0 Å². The van der Waals surface area contributed by atoms with Crippen molar-refractivity contribution in [1.29, 1.82) is 0 Å². The van der Waals surface area contributed by atoms with Gasteiger partial charge in [0.15, 0.2) is 0 Å². The Hall–Kier alpha value is -0.0400. The lowest BCUT2D eigenvalue weighted by Gasteiger charge is -2.56. The maximum atomic E-state index is 11.7. The number of rotatable bonds is 1. The molecule has 104 valence electrons. The molecule has 0 aromatic heterocycles. The highest BCUT2D eigenvalue weighted by Gasteiger charge is 2.70. The fourth-order valence-electron chi connectivity index (χ4n) is 5.99. The molecule has 3 aliphatic rings. The van der Waals surface area contributed by atoms with Crippen LogP contribution in [0.4, 0.5) is 0 Å². The Balaban J connectivity index is 1.93. The van der Waals surface area contributed by atoms with Crippen LogP contribution in [-0.4, -0.2) is 10.7 Å². The maximum absolute atomic E-state index is 11.7. The maximum Gasteiger partial charge on any atom is 0.0782 e. The summed E-state index contributed by atoms with van der Waals surface area (Å²) in [4.78, 5) is 0. The van der Waals surface area contributed by atoms with Crippen LogP contribution in [0, 0.1) is 28.6 Å². The smallest absolute Gasteiger partial charge is 0.0782 e. The minimum Gasteiger partial charge on any atom is -0.388 e. The lowest BCUT2D eigenvalue weighted by atomic mass is 9.53. The quantitative estimate of drug-likeness (QED) is 0.732. The first kappa shape index (κ1) is 13.0. The Morgan fingerprint density at radius 3 is 2.00 bits per heavy atom. The van der Waals surface area contributed by atoms with Gasteiger partial charge < -0.3 is 5.11 Å². The van der Waals surface area contributed by atoms with Gasteiger partial charge in [0.25, 0.3) is 0 Å². The first-order valence-electron chi connectivity index (χ1n) is 8.03. The Morgan fingerprint density at radius 2 is 1.50 bits per heavy atom. The van der Waals surface area contributed by atoms with Crippen molar-refractivity contribution in [3.8, 4) is 0 Å². The third kappa shape index (κ3) is 1.38. The zero-order chi connectivity index (χ0) is 13.2. The fourth-order valence-corrected chi connectivity index (χ4v) is 5.99. The second kappa shape index (κ2) is 3.75. The molecule has 2 bridgehead atoms. The second-order valence-corrected chi connectivity index (χ2v) is 8.45. The lowest BCUT2D eigenvalue weighted by molar-refractivity contribution is -0.188. The molecule has 0 saturated heterocycles. The van der Waals surface area contributed by atoms with Crippen LogP contribution in [0.2, 0.25) is 0 Å². The van der Waals surface area contributed by atoms with E-state index in [-0.39, 0.29) is 10.8 Å². The zero-order valence-corrected chi connectivity index (χ0v) is 12.6. The number of fused-ring (bicyclic) bond motifs is 2. The van der Waals surface area contributed by atoms with Gasteiger partial charge in [0.2, 0.25) is 0 Å². The van der Waals surface area contributed by atoms with Gasteiger partial charge >= 0.3 is 0 Å². The van der Waals surface area contributed by atoms with Gasteiger partial charge in [0.05, 0.1) is 5.60 Å². The summed E-state index contributed by atoms with van der Waals surface area (Å²) >= 11 is 0. The molecular formula is C17H30O. The highest BCUT2D eigenvalue weighted by molar-refractivity contribution is 5.20. The van der Waals surface area contributed by atoms with Gasteiger partial charge in [-0.2, -0.15) is 0 Å². The van der Waals surface area contributed by atoms with Crippen molar-refractivity contribution in [2.75, 3.05) is 0 Å². The summed E-state index contributed by atoms with van der Waals surface area (Å²) < 4.78 is 0. The van der Waals surface area contributed by atoms with Gasteiger partial charge in [-0.3, -0.25) is 0 Å². The van der Waals surface area contributed by atoms with E-state index < -0.39 is 5.60 Å². The van der Waals surface area contributed by atoms with E-state index in [1.54, 1.807) is 0 Å². The molecule has 3 fully saturated rings. The van der Waals surface area contributed by atoms with Crippen molar-refractivity contribution in [2.24, 2.45) is 28.6 Å². The summed E-state index contributed by atoms with van der Waals surface area (Å²) in [7, 11) is 0. The first-order chi connectivity index (χ1) is 8.31. The SMILES string of the molecule is CC1CCC(C2(O)C3(C)CCC(C3)C2(C)C)CC1. The van der Waals surface area contributed by atoms with Gasteiger partial charge in [0.1, 0.15) is 0 Å². The van der Waals surface area contributed by atoms with Crippen LogP contribution in [0.15, 0.2) is 0 Å². The molecule has 3 atom stereocenters. The van der Waals surface area contributed by atoms with Crippen LogP contribution in [0.25, 0.3) is 0 Å². The highest BCUT2D eigenvalue weighted by atomic mass is 16.3. The predicted octanol–water partition coefficient (Wildman–Crippen LogP) is 4.39. The summed E-state index contributed by atoms with van der Waals surface area (Å²) in [5, 5.41) is 11.7. The van der Waals surface area contributed by atoms with Crippen molar-refractivity contribution < 1.29 is 5.11 Å². The summed E-state index contributed by atoms with van der Waals surface area (Å²) in [6.45, 7) is 9.44. The Morgan fingerprint density at radius 1 is 0.889 bits per heavy atom. The van der Waals surface area contributed by atoms with Crippen LogP contribution in [-0.2, 0) is 0 Å². The molecule has 0 aliphatic heterocycles. The largest absolute Gasteiger partial charge is 0.388 e. The molecule has 0 amide bonds. The molecule has 18 heavy (non-hydrogen) atoms. The minimum atomic E-state index is -0.400. The molecule has 0 aromatic carbocycles. The van der Waals surface area contributed by atoms with E-state index >= 15 is 0 Å². The van der Waals surface area contributed by atoms with E-state index in [1.165, 1.54) is 44.9 Å². The average molecular weight is 250 g/mol. The molecule has 0 heterocycles. The van der Waals surface area contributed by atoms with E-state index in [2.05, 4.69) is 27.7 Å². The molecular weight excluding hydrogens is 220 g/mol. The fraction of sp³-hybridized carbons (Fsp3) is 1.00. The number of aliphatic hydroxyl groups is 1. The van der Waals surface area contributed by atoms with Crippen molar-refractivity contribution in [3.05, 3.63) is 0 Å². The van der Waals surface area contributed by atoms with Crippen molar-refractivity contribution in [2.45, 2.75) is 78.2 Å². The van der Waals surface area contributed by atoms with E-state index in [4.69, 9.17) is 0 Å². The first-order valence-corrected chi connectivity index (χ1v) is 8.03. The zero-order valence-electron chi connectivity index (χ0n) is 12.6. The Bertz CT molecular complexity index is 333. The predicted molar refractivity (Wildman–Crippen MR) is 75.3 cm³/mol. The normalized spacial score (nSPS) is 54.8. The van der Waals surface area contributed by atoms with E-state index in [0.29, 0.717) is 5.92 Å². The summed E-state index contributed by atoms with van der Waals surface area (Å²) in [5.74, 6) is 2.19. The van der Waals surface area contributed by atoms with Gasteiger partial charge in [0, 0.05) is 0 Å². The molecule has 1 N–H and O–H groups in total. The molecule has 0 spiro atoms. The van der Waals surface area contributed by atoms with Gasteiger partial charge in [-0.15, -0.1) is 0 Å². The topological polar surface area (TPSA) is 20.2 Å². The van der Waals surface area contributed by atoms with E-state index in [9.17, 15) is 5.11 Å². The van der Waals surface area contributed by atoms with Crippen LogP contribution in [0.5, 0.6) is 0 Å². The second-order valence-electron chi connectivity index (χ2n) is 8.45. The Labute approximate surface area is 112 Å². The van der Waals surface area contributed by atoms with Crippen LogP contribution >= 0.6 is 0 Å². The van der Waals surface area contributed by atoms with Gasteiger partial charge in [-0.05, 0) is 60.7 Å². The van der Waals surface area contributed by atoms with Crippen LogP contribution in [0.1, 0.15) is 72.6 Å². The molecule has 1 nitrogen and oxygen atoms in total. The molecule has 0 radical (unpaired) electrons. The minimum absolute atomic E-state index is 0.130. The van der Waals surface area contributed by atoms with Crippen molar-refractivity contribution >= 4 is 0 Å². The van der Waals surface area contributed by atoms with Crippen LogP contribution in [0.3, 0.4) is 0 Å². The third-order valence-electron chi connectivity index (χ3n) is 7.27. The summed E-state index contributed by atoms with van der Waals surface area (Å²) in [6, 6.07) is 0. The third-order valence-corrected chi connectivity index (χ3v) is 7.27. The molecule has 3 saturated carbocycles. The standard InChI is InChI=1S/C17H30O/c1-12-5-7-13(8-6-12)17(18)15(2,3)14-9-10-16(17,4)11-14/h12-14,18H,5-11H2,1-4H3. The monoisotopic (exact) mass is 250 g/mol. The molecule has 3 aliphatic carbocycles. The summed E-state index contributed by atoms with van der Waals surface area (Å²) in [5.41, 5.74) is -0.0687. The van der Waals surface area contributed by atoms with E-state index in [0.717, 1.165) is 11.8 Å². The van der Waals surface area contributed by atoms with Crippen molar-refractivity contribution in [3.63, 3.8) is 0 Å². The molecule has 0 aromatic rings. The van der Waals surface area contributed by atoms with Gasteiger partial charge in [-0.25, -0.2) is 0 Å². The summed E-state index contributed by atoms with van der Waals surface area (Å²) in [6.07, 6.45) is 9.02. The molecule has 3 rings (SSSR count). The number of hydrogen-bond donors (Lipinski definition) is 1. The van der Waals surface area contributed by atoms with Gasteiger partial charge in [-0.1, -0.05) is 40.5 Å². The van der Waals surface area contributed by atoms with E-state index in [1.807, 2.05) is 0 Å². The number of hydrogen-bond acceptors (Lipinski definition) is 1. The lowest BCUT2D eigenvalue weighted by Crippen LogP contribution is -2.59. The molecule has 3 unspecified atom stereocenters. The average Bonchev–Trinajstić information content (AvgIpc) is 2.78. The molecule has 1 heteroatoms.